The molecule has 3 rings (SSSR count). The van der Waals surface area contributed by atoms with Gasteiger partial charge in [0.2, 0.25) is 0 Å². The molecule has 1 aromatic heterocycles. The SMILES string of the molecule is CS(=O)(=O)c1ccc2nc(-c3cccc(Cl)c3F)[nH]c2c1. The second kappa shape index (κ2) is 4.82. The summed E-state index contributed by atoms with van der Waals surface area (Å²) in [6, 6.07) is 9.14. The molecule has 0 bridgehead atoms. The van der Waals surface area contributed by atoms with Crippen molar-refractivity contribution in [3.8, 4) is 11.4 Å². The largest absolute Gasteiger partial charge is 0.338 e. The Morgan fingerprint density at radius 3 is 2.71 bits per heavy atom. The Hall–Kier alpha value is -1.92. The zero-order chi connectivity index (χ0) is 15.2. The summed E-state index contributed by atoms with van der Waals surface area (Å²) in [5.74, 6) is -0.266. The molecule has 0 aliphatic heterocycles. The van der Waals surface area contributed by atoms with E-state index in [0.29, 0.717) is 16.9 Å². The quantitative estimate of drug-likeness (QED) is 0.785. The molecule has 0 fully saturated rings. The van der Waals surface area contributed by atoms with Crippen molar-refractivity contribution < 1.29 is 12.8 Å². The number of fused-ring (bicyclic) bond motifs is 1. The normalized spacial score (nSPS) is 12.0. The predicted molar refractivity (Wildman–Crippen MR) is 79.6 cm³/mol. The molecular weight excluding hydrogens is 315 g/mol. The number of aromatic amines is 1. The van der Waals surface area contributed by atoms with Crippen LogP contribution in [0.4, 0.5) is 4.39 Å². The van der Waals surface area contributed by atoms with Gasteiger partial charge in [0, 0.05) is 6.26 Å². The third-order valence-corrected chi connectivity index (χ3v) is 4.49. The van der Waals surface area contributed by atoms with Gasteiger partial charge >= 0.3 is 0 Å². The van der Waals surface area contributed by atoms with Crippen molar-refractivity contribution in [2.75, 3.05) is 6.26 Å². The first kappa shape index (κ1) is 14.0. The minimum absolute atomic E-state index is 0.00443. The second-order valence-electron chi connectivity index (χ2n) is 4.64. The summed E-state index contributed by atoms with van der Waals surface area (Å²) in [6.07, 6.45) is 1.13. The van der Waals surface area contributed by atoms with Gasteiger partial charge in [-0.05, 0) is 30.3 Å². The van der Waals surface area contributed by atoms with Crippen molar-refractivity contribution in [2.24, 2.45) is 0 Å². The summed E-state index contributed by atoms with van der Waals surface area (Å²) in [7, 11) is -3.31. The van der Waals surface area contributed by atoms with Crippen LogP contribution in [0.15, 0.2) is 41.3 Å². The maximum absolute atomic E-state index is 14.0. The molecule has 0 saturated heterocycles. The molecule has 0 radical (unpaired) electrons. The topological polar surface area (TPSA) is 62.8 Å². The molecule has 7 heteroatoms. The fourth-order valence-corrected chi connectivity index (χ4v) is 2.86. The van der Waals surface area contributed by atoms with Gasteiger partial charge in [-0.3, -0.25) is 0 Å². The molecule has 1 heterocycles. The Kier molecular flexibility index (Phi) is 3.22. The number of imidazole rings is 1. The Morgan fingerprint density at radius 1 is 1.24 bits per heavy atom. The number of benzene rings is 2. The first-order chi connectivity index (χ1) is 9.86. The Bertz CT molecular complexity index is 951. The number of nitrogens with one attached hydrogen (secondary N) is 1. The van der Waals surface area contributed by atoms with E-state index in [1.54, 1.807) is 18.2 Å². The van der Waals surface area contributed by atoms with Crippen molar-refractivity contribution >= 4 is 32.5 Å². The van der Waals surface area contributed by atoms with E-state index in [1.807, 2.05) is 0 Å². The smallest absolute Gasteiger partial charge is 0.175 e. The van der Waals surface area contributed by atoms with Gasteiger partial charge in [-0.1, -0.05) is 17.7 Å². The Morgan fingerprint density at radius 2 is 2.00 bits per heavy atom. The molecule has 0 atom stereocenters. The molecule has 2 aromatic carbocycles. The zero-order valence-electron chi connectivity index (χ0n) is 10.9. The van der Waals surface area contributed by atoms with Gasteiger partial charge in [-0.15, -0.1) is 0 Å². The van der Waals surface area contributed by atoms with Crippen LogP contribution in [0.3, 0.4) is 0 Å². The number of H-pyrrole nitrogens is 1. The number of sulfone groups is 1. The second-order valence-corrected chi connectivity index (χ2v) is 7.06. The Labute approximate surface area is 125 Å². The van der Waals surface area contributed by atoms with Crippen molar-refractivity contribution in [3.05, 3.63) is 47.2 Å². The van der Waals surface area contributed by atoms with E-state index in [1.165, 1.54) is 18.2 Å². The summed E-state index contributed by atoms with van der Waals surface area (Å²) < 4.78 is 37.1. The lowest BCUT2D eigenvalue weighted by molar-refractivity contribution is 0.602. The van der Waals surface area contributed by atoms with Gasteiger partial charge < -0.3 is 4.98 Å². The molecule has 0 spiro atoms. The van der Waals surface area contributed by atoms with Crippen LogP contribution in [0, 0.1) is 5.82 Å². The van der Waals surface area contributed by atoms with Crippen LogP contribution in [0.5, 0.6) is 0 Å². The number of nitrogens with zero attached hydrogens (tertiary/aromatic N) is 1. The van der Waals surface area contributed by atoms with Crippen LogP contribution in [0.2, 0.25) is 5.02 Å². The van der Waals surface area contributed by atoms with Crippen LogP contribution < -0.4 is 0 Å². The van der Waals surface area contributed by atoms with Gasteiger partial charge in [0.25, 0.3) is 0 Å². The van der Waals surface area contributed by atoms with Crippen molar-refractivity contribution in [3.63, 3.8) is 0 Å². The monoisotopic (exact) mass is 324 g/mol. The molecule has 0 saturated carbocycles. The average molecular weight is 325 g/mol. The molecule has 0 aliphatic rings. The molecular formula is C14H10ClFN2O2S. The average Bonchev–Trinajstić information content (AvgIpc) is 2.83. The third-order valence-electron chi connectivity index (χ3n) is 3.09. The highest BCUT2D eigenvalue weighted by atomic mass is 35.5. The minimum atomic E-state index is -3.31. The number of rotatable bonds is 2. The molecule has 0 amide bonds. The van der Waals surface area contributed by atoms with E-state index in [4.69, 9.17) is 11.6 Å². The molecule has 21 heavy (non-hydrogen) atoms. The van der Waals surface area contributed by atoms with E-state index < -0.39 is 15.7 Å². The summed E-state index contributed by atoms with van der Waals surface area (Å²) >= 11 is 5.75. The number of hydrogen-bond acceptors (Lipinski definition) is 3. The van der Waals surface area contributed by atoms with E-state index in [0.717, 1.165) is 6.26 Å². The fourth-order valence-electron chi connectivity index (χ4n) is 2.03. The molecule has 0 aliphatic carbocycles. The standard InChI is InChI=1S/C14H10ClFN2O2S/c1-21(19,20)8-5-6-11-12(7-8)18-14(17-11)9-3-2-4-10(15)13(9)16/h2-7H,1H3,(H,17,18). The maximum Gasteiger partial charge on any atom is 0.175 e. The molecule has 3 aromatic rings. The number of aromatic nitrogens is 2. The number of hydrogen-bond donors (Lipinski definition) is 1. The number of halogens is 2. The highest BCUT2D eigenvalue weighted by Gasteiger charge is 2.14. The zero-order valence-corrected chi connectivity index (χ0v) is 12.5. The minimum Gasteiger partial charge on any atom is -0.338 e. The lowest BCUT2D eigenvalue weighted by Gasteiger charge is -2.00. The maximum atomic E-state index is 14.0. The molecule has 4 nitrogen and oxygen atoms in total. The van der Waals surface area contributed by atoms with Gasteiger partial charge in [0.05, 0.1) is 26.5 Å². The molecule has 0 unspecified atom stereocenters. The molecule has 108 valence electrons. The van der Waals surface area contributed by atoms with Gasteiger partial charge in [0.15, 0.2) is 15.7 Å². The van der Waals surface area contributed by atoms with Crippen LogP contribution in [0.1, 0.15) is 0 Å². The van der Waals surface area contributed by atoms with Crippen molar-refractivity contribution in [2.45, 2.75) is 4.90 Å². The van der Waals surface area contributed by atoms with Crippen molar-refractivity contribution in [1.29, 1.82) is 0 Å². The van der Waals surface area contributed by atoms with E-state index in [-0.39, 0.29) is 15.5 Å². The summed E-state index contributed by atoms with van der Waals surface area (Å²) in [5, 5.41) is 0.00443. The summed E-state index contributed by atoms with van der Waals surface area (Å²) in [4.78, 5) is 7.35. The van der Waals surface area contributed by atoms with Crippen LogP contribution >= 0.6 is 11.6 Å². The van der Waals surface area contributed by atoms with Crippen LogP contribution in [-0.4, -0.2) is 24.6 Å². The first-order valence-corrected chi connectivity index (χ1v) is 8.27. The fraction of sp³-hybridized carbons (Fsp3) is 0.0714. The van der Waals surface area contributed by atoms with Gasteiger partial charge in [0.1, 0.15) is 5.82 Å². The van der Waals surface area contributed by atoms with E-state index in [2.05, 4.69) is 9.97 Å². The lowest BCUT2D eigenvalue weighted by atomic mass is 10.2. The lowest BCUT2D eigenvalue weighted by Crippen LogP contribution is -1.96. The van der Waals surface area contributed by atoms with Crippen LogP contribution in [0.25, 0.3) is 22.4 Å². The highest BCUT2D eigenvalue weighted by Crippen LogP contribution is 2.28. The van der Waals surface area contributed by atoms with Gasteiger partial charge in [-0.2, -0.15) is 0 Å². The van der Waals surface area contributed by atoms with Gasteiger partial charge in [-0.25, -0.2) is 17.8 Å². The van der Waals surface area contributed by atoms with E-state index >= 15 is 0 Å². The molecule has 1 N–H and O–H groups in total. The third kappa shape index (κ3) is 2.52. The first-order valence-electron chi connectivity index (χ1n) is 6.00. The predicted octanol–water partition coefficient (Wildman–Crippen LogP) is 3.43. The van der Waals surface area contributed by atoms with Crippen LogP contribution in [-0.2, 0) is 9.84 Å². The van der Waals surface area contributed by atoms with E-state index in [9.17, 15) is 12.8 Å². The summed E-state index contributed by atoms with van der Waals surface area (Å²) in [6.45, 7) is 0. The summed E-state index contributed by atoms with van der Waals surface area (Å²) in [5.41, 5.74) is 1.31. The van der Waals surface area contributed by atoms with Crippen molar-refractivity contribution in [1.82, 2.24) is 9.97 Å². The Balaban J connectivity index is 2.20. The highest BCUT2D eigenvalue weighted by molar-refractivity contribution is 7.90.